The normalized spacial score (nSPS) is 24.7. The molecule has 5 rings (SSSR count). The van der Waals surface area contributed by atoms with Crippen molar-refractivity contribution in [2.45, 2.75) is 36.3 Å². The monoisotopic (exact) mass is 516 g/mol. The zero-order chi connectivity index (χ0) is 25.4. The van der Waals surface area contributed by atoms with E-state index in [0.29, 0.717) is 11.1 Å². The van der Waals surface area contributed by atoms with Gasteiger partial charge in [0, 0.05) is 17.5 Å². The summed E-state index contributed by atoms with van der Waals surface area (Å²) in [7, 11) is -3.42. The number of primary amides is 1. The number of halogens is 4. The van der Waals surface area contributed by atoms with Gasteiger partial charge in [0.1, 0.15) is 11.7 Å². The molecule has 1 atom stereocenters. The molecule has 2 aromatic rings. The van der Waals surface area contributed by atoms with Crippen molar-refractivity contribution in [3.05, 3.63) is 41.1 Å². The minimum atomic E-state index is -3.42. The highest BCUT2D eigenvalue weighted by Gasteiger charge is 2.56. The van der Waals surface area contributed by atoms with Crippen molar-refractivity contribution in [1.82, 2.24) is 9.97 Å². The summed E-state index contributed by atoms with van der Waals surface area (Å²) in [6.07, 6.45) is -1.69. The Labute approximate surface area is 196 Å². The number of benzene rings is 1. The second-order valence-corrected chi connectivity index (χ2v) is 11.1. The average molecular weight is 516 g/mol. The quantitative estimate of drug-likeness (QED) is 0.574. The lowest BCUT2D eigenvalue weighted by atomic mass is 9.94. The molecule has 0 bridgehead atoms. The standard InChI is InChI=1S/C21H20F4N4O5S/c22-20(23)6-5-13-15(27-18(28-16(13)20)29-8-21(24,25)14(29)7-30)11-1-3-12(4-2-11)19(34-17(26)31)9-35(32,33)10-19/h1-4,14,30H,5-10H2,(H2,26,31). The summed E-state index contributed by atoms with van der Waals surface area (Å²) in [6.45, 7) is -1.72. The van der Waals surface area contributed by atoms with Gasteiger partial charge in [-0.2, -0.15) is 8.78 Å². The Hall–Kier alpha value is -3.00. The predicted octanol–water partition coefficient (Wildman–Crippen LogP) is 1.72. The fourth-order valence-corrected chi connectivity index (χ4v) is 6.64. The molecule has 0 radical (unpaired) electrons. The third-order valence-corrected chi connectivity index (χ3v) is 8.40. The molecule has 35 heavy (non-hydrogen) atoms. The van der Waals surface area contributed by atoms with E-state index in [-0.39, 0.29) is 23.6 Å². The molecule has 1 amide bonds. The van der Waals surface area contributed by atoms with Crippen molar-refractivity contribution >= 4 is 21.9 Å². The SMILES string of the molecule is NC(=O)OC1(c2ccc(-c3nc(N4CC(F)(F)C4CO)nc4c3CCC4(F)F)cc2)CS(=O)(=O)C1. The van der Waals surface area contributed by atoms with Crippen LogP contribution in [0, 0.1) is 0 Å². The van der Waals surface area contributed by atoms with E-state index in [2.05, 4.69) is 9.97 Å². The van der Waals surface area contributed by atoms with Gasteiger partial charge in [0.15, 0.2) is 15.4 Å². The Morgan fingerprint density at radius 1 is 1.17 bits per heavy atom. The van der Waals surface area contributed by atoms with Gasteiger partial charge in [0.25, 0.3) is 11.8 Å². The molecule has 1 aromatic heterocycles. The maximum Gasteiger partial charge on any atom is 0.405 e. The van der Waals surface area contributed by atoms with Crippen LogP contribution in [0.2, 0.25) is 0 Å². The molecule has 188 valence electrons. The topological polar surface area (TPSA) is 136 Å². The van der Waals surface area contributed by atoms with Gasteiger partial charge in [-0.05, 0) is 12.0 Å². The number of sulfone groups is 1. The summed E-state index contributed by atoms with van der Waals surface area (Å²) in [5.41, 5.74) is 4.10. The summed E-state index contributed by atoms with van der Waals surface area (Å²) >= 11 is 0. The first kappa shape index (κ1) is 23.7. The number of hydrogen-bond donors (Lipinski definition) is 2. The van der Waals surface area contributed by atoms with E-state index < -0.39 is 76.2 Å². The van der Waals surface area contributed by atoms with Crippen molar-refractivity contribution in [3.63, 3.8) is 0 Å². The molecule has 3 aliphatic rings. The van der Waals surface area contributed by atoms with E-state index in [1.54, 1.807) is 0 Å². The number of ether oxygens (including phenoxy) is 1. The lowest BCUT2D eigenvalue weighted by molar-refractivity contribution is -0.0861. The minimum Gasteiger partial charge on any atom is -0.436 e. The van der Waals surface area contributed by atoms with Crippen molar-refractivity contribution in [1.29, 1.82) is 0 Å². The highest BCUT2D eigenvalue weighted by Crippen LogP contribution is 2.46. The van der Waals surface area contributed by atoms with Crippen molar-refractivity contribution in [2.75, 3.05) is 29.6 Å². The number of carbonyl (C=O) groups is 1. The van der Waals surface area contributed by atoms with Crippen LogP contribution in [0.15, 0.2) is 24.3 Å². The van der Waals surface area contributed by atoms with E-state index in [4.69, 9.17) is 10.5 Å². The molecule has 1 unspecified atom stereocenters. The molecule has 3 heterocycles. The summed E-state index contributed by atoms with van der Waals surface area (Å²) in [6, 6.07) is 4.30. The molecule has 14 heteroatoms. The van der Waals surface area contributed by atoms with Crippen LogP contribution >= 0.6 is 0 Å². The lowest BCUT2D eigenvalue weighted by Crippen LogP contribution is -2.67. The van der Waals surface area contributed by atoms with E-state index in [9.17, 15) is 35.9 Å². The molecular formula is C21H20F4N4O5S. The van der Waals surface area contributed by atoms with Gasteiger partial charge in [-0.1, -0.05) is 24.3 Å². The molecule has 9 nitrogen and oxygen atoms in total. The van der Waals surface area contributed by atoms with Crippen molar-refractivity contribution in [2.24, 2.45) is 5.73 Å². The summed E-state index contributed by atoms with van der Waals surface area (Å²) in [4.78, 5) is 20.5. The second-order valence-electron chi connectivity index (χ2n) is 9.02. The van der Waals surface area contributed by atoms with Crippen LogP contribution in [-0.2, 0) is 32.5 Å². The lowest BCUT2D eigenvalue weighted by Gasteiger charge is -2.46. The van der Waals surface area contributed by atoms with Gasteiger partial charge in [-0.15, -0.1) is 0 Å². The number of anilines is 1. The van der Waals surface area contributed by atoms with E-state index in [0.717, 1.165) is 4.90 Å². The summed E-state index contributed by atoms with van der Waals surface area (Å²) < 4.78 is 85.5. The fourth-order valence-electron chi connectivity index (χ4n) is 4.86. The highest BCUT2D eigenvalue weighted by molar-refractivity contribution is 7.93. The Kier molecular flexibility index (Phi) is 5.08. The van der Waals surface area contributed by atoms with Gasteiger partial charge >= 0.3 is 6.09 Å². The molecule has 0 saturated carbocycles. The van der Waals surface area contributed by atoms with Crippen molar-refractivity contribution < 1.29 is 40.6 Å². The van der Waals surface area contributed by atoms with Gasteiger partial charge in [0.2, 0.25) is 5.95 Å². The summed E-state index contributed by atoms with van der Waals surface area (Å²) in [5.74, 6) is -7.73. The minimum absolute atomic E-state index is 0.0355. The van der Waals surface area contributed by atoms with Crippen molar-refractivity contribution in [3.8, 4) is 11.3 Å². The third-order valence-electron chi connectivity index (χ3n) is 6.59. The van der Waals surface area contributed by atoms with Gasteiger partial charge < -0.3 is 20.5 Å². The van der Waals surface area contributed by atoms with Crippen LogP contribution in [0.3, 0.4) is 0 Å². The largest absolute Gasteiger partial charge is 0.436 e. The van der Waals surface area contributed by atoms with Gasteiger partial charge in [-0.3, -0.25) is 0 Å². The van der Waals surface area contributed by atoms with Gasteiger partial charge in [0.05, 0.1) is 30.4 Å². The number of fused-ring (bicyclic) bond motifs is 1. The molecule has 0 spiro atoms. The number of aliphatic hydroxyl groups excluding tert-OH is 1. The number of alkyl halides is 4. The molecule has 3 N–H and O–H groups in total. The molecule has 1 aromatic carbocycles. The third kappa shape index (κ3) is 3.78. The predicted molar refractivity (Wildman–Crippen MR) is 114 cm³/mol. The first-order chi connectivity index (χ1) is 16.3. The number of nitrogens with zero attached hydrogens (tertiary/aromatic N) is 3. The molecule has 2 fully saturated rings. The number of rotatable bonds is 5. The zero-order valence-corrected chi connectivity index (χ0v) is 18.9. The maximum absolute atomic E-state index is 14.6. The van der Waals surface area contributed by atoms with Crippen LogP contribution in [0.1, 0.15) is 23.2 Å². The van der Waals surface area contributed by atoms with E-state index in [1.165, 1.54) is 24.3 Å². The highest BCUT2D eigenvalue weighted by atomic mass is 32.2. The van der Waals surface area contributed by atoms with Crippen LogP contribution in [0.25, 0.3) is 11.3 Å². The number of carbonyl (C=O) groups excluding carboxylic acids is 1. The van der Waals surface area contributed by atoms with Crippen LogP contribution in [0.5, 0.6) is 0 Å². The fraction of sp³-hybridized carbons (Fsp3) is 0.476. The van der Waals surface area contributed by atoms with E-state index >= 15 is 0 Å². The first-order valence-electron chi connectivity index (χ1n) is 10.6. The molecular weight excluding hydrogens is 496 g/mol. The Morgan fingerprint density at radius 2 is 1.83 bits per heavy atom. The zero-order valence-electron chi connectivity index (χ0n) is 18.0. The van der Waals surface area contributed by atoms with Crippen LogP contribution in [-0.4, -0.2) is 66.2 Å². The number of aliphatic hydroxyl groups is 1. The molecule has 2 aliphatic heterocycles. The Bertz CT molecular complexity index is 1310. The Balaban J connectivity index is 1.55. The van der Waals surface area contributed by atoms with Gasteiger partial charge in [-0.25, -0.2) is 32.0 Å². The first-order valence-corrected chi connectivity index (χ1v) is 12.4. The molecule has 1 aliphatic carbocycles. The second kappa shape index (κ2) is 7.50. The smallest absolute Gasteiger partial charge is 0.405 e. The van der Waals surface area contributed by atoms with Crippen LogP contribution < -0.4 is 10.6 Å². The number of amides is 1. The maximum atomic E-state index is 14.6. The van der Waals surface area contributed by atoms with E-state index in [1.807, 2.05) is 0 Å². The molecule has 2 saturated heterocycles. The van der Waals surface area contributed by atoms with Crippen LogP contribution in [0.4, 0.5) is 28.3 Å². The summed E-state index contributed by atoms with van der Waals surface area (Å²) in [5, 5.41) is 9.36. The Morgan fingerprint density at radius 3 is 2.37 bits per heavy atom. The number of aromatic nitrogens is 2. The number of nitrogens with two attached hydrogens (primary N) is 1. The number of hydrogen-bond acceptors (Lipinski definition) is 8. The average Bonchev–Trinajstić information content (AvgIpc) is 3.05.